The molecule has 18 heteroatoms. The van der Waals surface area contributed by atoms with Gasteiger partial charge in [0.25, 0.3) is 11.6 Å². The predicted molar refractivity (Wildman–Crippen MR) is 185 cm³/mol. The second kappa shape index (κ2) is 14.9. The zero-order valence-corrected chi connectivity index (χ0v) is 31.9. The highest BCUT2D eigenvalue weighted by Gasteiger charge is 2.61. The molecule has 1 atom stereocenters. The van der Waals surface area contributed by atoms with Gasteiger partial charge in [0.05, 0.1) is 34.1 Å². The van der Waals surface area contributed by atoms with Crippen LogP contribution in [0.15, 0.2) is 53.0 Å². The van der Waals surface area contributed by atoms with Crippen LogP contribution in [-0.2, 0) is 27.9 Å². The molecule has 3 aliphatic heterocycles. The van der Waals surface area contributed by atoms with Crippen molar-refractivity contribution in [1.82, 2.24) is 0 Å². The Morgan fingerprint density at radius 2 is 1.04 bits per heavy atom. The summed E-state index contributed by atoms with van der Waals surface area (Å²) in [4.78, 5) is 22.0. The highest BCUT2D eigenvalue weighted by Crippen LogP contribution is 2.40. The van der Waals surface area contributed by atoms with E-state index in [-0.39, 0.29) is 28.5 Å². The van der Waals surface area contributed by atoms with E-state index in [0.29, 0.717) is 9.94 Å². The van der Waals surface area contributed by atoms with Gasteiger partial charge in [0.2, 0.25) is 0 Å². The molecule has 0 bridgehead atoms. The quantitative estimate of drug-likeness (QED) is 0.176. The molecule has 51 heavy (non-hydrogen) atoms. The van der Waals surface area contributed by atoms with Gasteiger partial charge in [-0.1, -0.05) is 52.3 Å². The summed E-state index contributed by atoms with van der Waals surface area (Å²) < 4.78 is 109. The van der Waals surface area contributed by atoms with Crippen molar-refractivity contribution in [2.24, 2.45) is 0 Å². The van der Waals surface area contributed by atoms with Crippen molar-refractivity contribution in [3.63, 3.8) is 0 Å². The summed E-state index contributed by atoms with van der Waals surface area (Å²) in [6, 6.07) is 10.4. The number of benzene rings is 2. The molecule has 2 aromatic carbocycles. The lowest BCUT2D eigenvalue weighted by Crippen LogP contribution is -2.41. The molecule has 5 rings (SSSR count). The number of alkyl halides is 6. The van der Waals surface area contributed by atoms with E-state index in [0.717, 1.165) is 24.3 Å². The number of ketones is 2. The van der Waals surface area contributed by atoms with Gasteiger partial charge in [0.15, 0.2) is 0 Å². The van der Waals surface area contributed by atoms with Gasteiger partial charge < -0.3 is 27.9 Å². The molecule has 1 unspecified atom stereocenters. The summed E-state index contributed by atoms with van der Waals surface area (Å²) in [6.07, 6.45) is -9.67. The molecule has 3 fully saturated rings. The minimum absolute atomic E-state index is 0.0338. The summed E-state index contributed by atoms with van der Waals surface area (Å²) in [6.45, 7) is 21.5. The van der Waals surface area contributed by atoms with E-state index >= 15 is 0 Å². The number of carbonyl (C=O) groups is 2. The van der Waals surface area contributed by atoms with E-state index in [1.807, 2.05) is 76.2 Å². The zero-order chi connectivity index (χ0) is 39.2. The Bertz CT molecular complexity index is 1550. The molecule has 8 nitrogen and oxygen atoms in total. The number of hydrogen-bond acceptors (Lipinski definition) is 8. The SMILES string of the molecule is CC1(C)OB(c2cccc(C(=O)C(F)(F)F)c2)OC1(C)C.CC1OB(B2OC(C)(C)C(C)(C)O2)OC1(C)C.O=C(c1cccc(Br)c1)C(F)(F)F. The molecule has 280 valence electrons. The van der Waals surface area contributed by atoms with Gasteiger partial charge in [-0.25, -0.2) is 0 Å². The maximum absolute atomic E-state index is 12.5. The smallest absolute Gasteiger partial charge is 0.408 e. The van der Waals surface area contributed by atoms with Crippen molar-refractivity contribution in [1.29, 1.82) is 0 Å². The largest absolute Gasteiger partial charge is 0.494 e. The topological polar surface area (TPSA) is 89.5 Å². The summed E-state index contributed by atoms with van der Waals surface area (Å²) in [5.74, 6) is -3.70. The zero-order valence-electron chi connectivity index (χ0n) is 30.3. The van der Waals surface area contributed by atoms with Crippen LogP contribution in [0.5, 0.6) is 0 Å². The summed E-state index contributed by atoms with van der Waals surface area (Å²) in [5.41, 5.74) is -2.57. The lowest BCUT2D eigenvalue weighted by atomic mass is 9.49. The molecule has 3 saturated heterocycles. The molecule has 3 aliphatic rings. The van der Waals surface area contributed by atoms with E-state index in [4.69, 9.17) is 27.9 Å². The van der Waals surface area contributed by atoms with E-state index in [9.17, 15) is 35.9 Å². The summed E-state index contributed by atoms with van der Waals surface area (Å²) >= 11 is 2.98. The van der Waals surface area contributed by atoms with Crippen LogP contribution >= 0.6 is 15.9 Å². The molecule has 0 spiro atoms. The van der Waals surface area contributed by atoms with Gasteiger partial charge in [-0.05, 0) is 93.8 Å². The van der Waals surface area contributed by atoms with Gasteiger partial charge in [0, 0.05) is 15.6 Å². The minimum atomic E-state index is -4.89. The van der Waals surface area contributed by atoms with Crippen molar-refractivity contribution in [2.75, 3.05) is 0 Å². The average molecular weight is 793 g/mol. The van der Waals surface area contributed by atoms with Crippen LogP contribution in [-0.4, -0.2) is 79.2 Å². The molecular weight excluding hydrogens is 751 g/mol. The fourth-order valence-corrected chi connectivity index (χ4v) is 5.07. The number of carbonyl (C=O) groups excluding carboxylic acids is 2. The van der Waals surface area contributed by atoms with E-state index < -0.39 is 61.8 Å². The van der Waals surface area contributed by atoms with Crippen LogP contribution in [0.4, 0.5) is 26.3 Å². The molecule has 3 heterocycles. The second-order valence-corrected chi connectivity index (χ2v) is 15.8. The molecule has 0 aromatic heterocycles. The maximum atomic E-state index is 12.5. The van der Waals surface area contributed by atoms with Gasteiger partial charge in [-0.2, -0.15) is 26.3 Å². The van der Waals surface area contributed by atoms with Crippen molar-refractivity contribution in [2.45, 2.75) is 123 Å². The number of hydrogen-bond donors (Lipinski definition) is 0. The number of Topliss-reactive ketones (excluding diaryl/α,β-unsaturated/α-hetero) is 2. The molecule has 0 saturated carbocycles. The van der Waals surface area contributed by atoms with Crippen LogP contribution in [0.25, 0.3) is 0 Å². The van der Waals surface area contributed by atoms with Crippen LogP contribution in [0.3, 0.4) is 0 Å². The summed E-state index contributed by atoms with van der Waals surface area (Å²) in [7, 11) is -1.69. The number of halogens is 7. The van der Waals surface area contributed by atoms with Crippen molar-refractivity contribution in [3.8, 4) is 0 Å². The Kier molecular flexibility index (Phi) is 12.6. The van der Waals surface area contributed by atoms with Crippen molar-refractivity contribution in [3.05, 3.63) is 64.1 Å². The fourth-order valence-electron chi connectivity index (χ4n) is 4.67. The number of rotatable bonds is 4. The molecule has 0 aliphatic carbocycles. The highest BCUT2D eigenvalue weighted by molar-refractivity contribution is 9.10. The Balaban J connectivity index is 0.000000213. The Morgan fingerprint density at radius 3 is 1.43 bits per heavy atom. The first-order valence-corrected chi connectivity index (χ1v) is 16.8. The van der Waals surface area contributed by atoms with Crippen molar-refractivity contribution < 1.29 is 63.9 Å². The van der Waals surface area contributed by atoms with Gasteiger partial charge in [0.1, 0.15) is 0 Å². The van der Waals surface area contributed by atoms with Crippen LogP contribution in [0.2, 0.25) is 0 Å². The van der Waals surface area contributed by atoms with E-state index in [1.165, 1.54) is 12.1 Å². The standard InChI is InChI=1S/C14H16BF3O3.C11H22B2O4.C8H4BrF3O/c1-12(2)13(3,4)21-15(20-12)10-7-5-6-9(8-10)11(19)14(16,17)18;1-8-9(2,3)15-12(14-8)13-16-10(4,5)11(6,7)17-13;9-6-3-1-2-5(4-6)7(13)8(10,11)12/h5-8H,1-4H3;8H,1-7H3;1-4H. The monoisotopic (exact) mass is 792 g/mol. The van der Waals surface area contributed by atoms with Crippen LogP contribution in [0.1, 0.15) is 96.9 Å². The van der Waals surface area contributed by atoms with Crippen LogP contribution < -0.4 is 5.46 Å². The van der Waals surface area contributed by atoms with Gasteiger partial charge in [-0.3, -0.25) is 9.59 Å². The van der Waals surface area contributed by atoms with Gasteiger partial charge >= 0.3 is 33.5 Å². The lowest BCUT2D eigenvalue weighted by Gasteiger charge is -2.32. The third kappa shape index (κ3) is 10.3. The first-order valence-electron chi connectivity index (χ1n) is 16.0. The Labute approximate surface area is 304 Å². The first-order chi connectivity index (χ1) is 22.9. The maximum Gasteiger partial charge on any atom is 0.494 e. The summed E-state index contributed by atoms with van der Waals surface area (Å²) in [5, 5.41) is 0. The fraction of sp³-hybridized carbons (Fsp3) is 0.576. The molecule has 2 aromatic rings. The molecule has 0 amide bonds. The third-order valence-corrected chi connectivity index (χ3v) is 10.0. The molecular formula is C33H42B3BrF6O8. The second-order valence-electron chi connectivity index (χ2n) is 14.9. The lowest BCUT2D eigenvalue weighted by molar-refractivity contribution is -0.0888. The molecule has 0 N–H and O–H groups in total. The highest BCUT2D eigenvalue weighted by atomic mass is 79.9. The molecule has 0 radical (unpaired) electrons. The third-order valence-electron chi connectivity index (χ3n) is 9.51. The van der Waals surface area contributed by atoms with Gasteiger partial charge in [-0.15, -0.1) is 0 Å². The van der Waals surface area contributed by atoms with E-state index in [1.54, 1.807) is 12.1 Å². The van der Waals surface area contributed by atoms with E-state index in [2.05, 4.69) is 15.9 Å². The first kappa shape index (κ1) is 43.2. The Morgan fingerprint density at radius 1 is 0.627 bits per heavy atom. The Hall–Kier alpha value is -2.21. The van der Waals surface area contributed by atoms with Crippen LogP contribution in [0, 0.1) is 0 Å². The van der Waals surface area contributed by atoms with Crippen molar-refractivity contribution >= 4 is 54.1 Å². The normalized spacial score (nSPS) is 22.9. The average Bonchev–Trinajstić information content (AvgIpc) is 3.48. The minimum Gasteiger partial charge on any atom is -0.408 e. The predicted octanol–water partition coefficient (Wildman–Crippen LogP) is 7.78.